The van der Waals surface area contributed by atoms with Gasteiger partial charge in [-0.2, -0.15) is 0 Å². The quantitative estimate of drug-likeness (QED) is 0.787. The predicted molar refractivity (Wildman–Crippen MR) is 84.7 cm³/mol. The Morgan fingerprint density at radius 3 is 1.85 bits per heavy atom. The van der Waals surface area contributed by atoms with Crippen molar-refractivity contribution < 1.29 is 8.42 Å². The number of anilines is 1. The van der Waals surface area contributed by atoms with Crippen LogP contribution in [0.25, 0.3) is 0 Å². The van der Waals surface area contributed by atoms with E-state index in [1.54, 1.807) is 28.6 Å². The lowest BCUT2D eigenvalue weighted by atomic mass is 10.2. The van der Waals surface area contributed by atoms with E-state index in [1.165, 1.54) is 0 Å². The molecule has 0 unspecified atom stereocenters. The molecule has 114 valence electrons. The molecule has 5 heteroatoms. The second-order valence-corrected chi connectivity index (χ2v) is 8.07. The van der Waals surface area contributed by atoms with Gasteiger partial charge in [0, 0.05) is 18.8 Å². The summed E-state index contributed by atoms with van der Waals surface area (Å²) in [6.07, 6.45) is 0. The molecule has 0 aromatic heterocycles. The van der Waals surface area contributed by atoms with Gasteiger partial charge in [0.2, 0.25) is 10.0 Å². The number of nitrogens with two attached hydrogens (primary N) is 1. The van der Waals surface area contributed by atoms with Crippen LogP contribution in [0.1, 0.15) is 33.3 Å². The fourth-order valence-corrected chi connectivity index (χ4v) is 3.88. The van der Waals surface area contributed by atoms with Crippen LogP contribution in [0.15, 0.2) is 24.3 Å². The van der Waals surface area contributed by atoms with Gasteiger partial charge in [-0.1, -0.05) is 39.8 Å². The molecule has 0 aliphatic heterocycles. The van der Waals surface area contributed by atoms with Gasteiger partial charge in [0.25, 0.3) is 0 Å². The molecule has 0 heterocycles. The van der Waals surface area contributed by atoms with Crippen LogP contribution >= 0.6 is 0 Å². The minimum atomic E-state index is -3.29. The fraction of sp³-hybridized carbons (Fsp3) is 0.600. The SMILES string of the molecule is CC(C)CN(CC(C)C)S(=O)(=O)Cc1ccc(N)cc1. The van der Waals surface area contributed by atoms with E-state index < -0.39 is 10.0 Å². The topological polar surface area (TPSA) is 63.4 Å². The van der Waals surface area contributed by atoms with E-state index in [2.05, 4.69) is 0 Å². The molecule has 2 N–H and O–H groups in total. The number of nitrogens with zero attached hydrogens (tertiary/aromatic N) is 1. The van der Waals surface area contributed by atoms with Crippen LogP contribution in [0.3, 0.4) is 0 Å². The lowest BCUT2D eigenvalue weighted by molar-refractivity contribution is 0.333. The van der Waals surface area contributed by atoms with Gasteiger partial charge in [-0.15, -0.1) is 0 Å². The average molecular weight is 298 g/mol. The second kappa shape index (κ2) is 7.09. The van der Waals surface area contributed by atoms with Crippen LogP contribution < -0.4 is 5.73 Å². The van der Waals surface area contributed by atoms with Crippen LogP contribution in [0.4, 0.5) is 5.69 Å². The molecule has 0 aliphatic rings. The van der Waals surface area contributed by atoms with Crippen molar-refractivity contribution in [2.24, 2.45) is 11.8 Å². The zero-order valence-corrected chi connectivity index (χ0v) is 13.7. The Hall–Kier alpha value is -1.07. The maximum absolute atomic E-state index is 12.6. The zero-order chi connectivity index (χ0) is 15.3. The number of nitrogen functional groups attached to an aromatic ring is 1. The Morgan fingerprint density at radius 2 is 1.45 bits per heavy atom. The van der Waals surface area contributed by atoms with E-state index in [-0.39, 0.29) is 5.75 Å². The van der Waals surface area contributed by atoms with Gasteiger partial charge in [0.05, 0.1) is 5.75 Å². The first-order chi connectivity index (χ1) is 9.20. The van der Waals surface area contributed by atoms with Crippen molar-refractivity contribution in [3.63, 3.8) is 0 Å². The molecule has 1 rings (SSSR count). The highest BCUT2D eigenvalue weighted by Gasteiger charge is 2.24. The van der Waals surface area contributed by atoms with Crippen molar-refractivity contribution >= 4 is 15.7 Å². The maximum Gasteiger partial charge on any atom is 0.218 e. The van der Waals surface area contributed by atoms with Crippen molar-refractivity contribution in [1.82, 2.24) is 4.31 Å². The van der Waals surface area contributed by atoms with Crippen LogP contribution in [-0.4, -0.2) is 25.8 Å². The van der Waals surface area contributed by atoms with Crippen LogP contribution in [0.2, 0.25) is 0 Å². The molecule has 0 fully saturated rings. The zero-order valence-electron chi connectivity index (χ0n) is 12.8. The van der Waals surface area contributed by atoms with Crippen molar-refractivity contribution in [1.29, 1.82) is 0 Å². The van der Waals surface area contributed by atoms with Crippen molar-refractivity contribution in [3.8, 4) is 0 Å². The van der Waals surface area contributed by atoms with Crippen LogP contribution in [0, 0.1) is 11.8 Å². The average Bonchev–Trinajstić information content (AvgIpc) is 2.30. The molecular formula is C15H26N2O2S. The lowest BCUT2D eigenvalue weighted by Gasteiger charge is -2.25. The highest BCUT2D eigenvalue weighted by Crippen LogP contribution is 2.16. The predicted octanol–water partition coefficient (Wildman–Crippen LogP) is 2.71. The van der Waals surface area contributed by atoms with Gasteiger partial charge < -0.3 is 5.73 Å². The van der Waals surface area contributed by atoms with Gasteiger partial charge in [-0.3, -0.25) is 0 Å². The fourth-order valence-electron chi connectivity index (χ4n) is 2.03. The molecule has 1 aromatic rings. The van der Waals surface area contributed by atoms with Crippen molar-refractivity contribution in [2.75, 3.05) is 18.8 Å². The Morgan fingerprint density at radius 1 is 1.00 bits per heavy atom. The van der Waals surface area contributed by atoms with Gasteiger partial charge in [0.15, 0.2) is 0 Å². The summed E-state index contributed by atoms with van der Waals surface area (Å²) < 4.78 is 26.7. The highest BCUT2D eigenvalue weighted by molar-refractivity contribution is 7.88. The Balaban J connectivity index is 2.89. The summed E-state index contributed by atoms with van der Waals surface area (Å²) in [7, 11) is -3.29. The molecule has 4 nitrogen and oxygen atoms in total. The molecule has 0 amide bonds. The molecule has 0 spiro atoms. The summed E-state index contributed by atoms with van der Waals surface area (Å²) >= 11 is 0. The first kappa shape index (κ1) is 17.0. The number of sulfonamides is 1. The van der Waals surface area contributed by atoms with Crippen molar-refractivity contribution in [2.45, 2.75) is 33.4 Å². The Labute approximate surface area is 123 Å². The third-order valence-corrected chi connectivity index (χ3v) is 4.64. The smallest absolute Gasteiger partial charge is 0.218 e. The molecule has 0 radical (unpaired) electrons. The number of rotatable bonds is 7. The number of hydrogen-bond donors (Lipinski definition) is 1. The first-order valence-electron chi connectivity index (χ1n) is 7.03. The van der Waals surface area contributed by atoms with Gasteiger partial charge in [-0.05, 0) is 29.5 Å². The van der Waals surface area contributed by atoms with E-state index in [0.29, 0.717) is 30.6 Å². The number of hydrogen-bond acceptors (Lipinski definition) is 3. The summed E-state index contributed by atoms with van der Waals surface area (Å²) in [5.41, 5.74) is 7.04. The van der Waals surface area contributed by atoms with E-state index >= 15 is 0 Å². The molecule has 1 aromatic carbocycles. The standard InChI is InChI=1S/C15H26N2O2S/c1-12(2)9-17(10-13(3)4)20(18,19)11-14-5-7-15(16)8-6-14/h5-8,12-13H,9-11,16H2,1-4H3. The highest BCUT2D eigenvalue weighted by atomic mass is 32.2. The summed E-state index contributed by atoms with van der Waals surface area (Å²) in [6, 6.07) is 7.02. The van der Waals surface area contributed by atoms with E-state index in [1.807, 2.05) is 27.7 Å². The summed E-state index contributed by atoms with van der Waals surface area (Å²) in [6.45, 7) is 9.27. The van der Waals surface area contributed by atoms with E-state index in [0.717, 1.165) is 5.56 Å². The molecule has 0 bridgehead atoms. The molecule has 0 saturated heterocycles. The monoisotopic (exact) mass is 298 g/mol. The Bertz CT molecular complexity index is 497. The second-order valence-electron chi connectivity index (χ2n) is 6.10. The Kier molecular flexibility index (Phi) is 6.02. The van der Waals surface area contributed by atoms with Crippen LogP contribution in [0.5, 0.6) is 0 Å². The summed E-state index contributed by atoms with van der Waals surface area (Å²) in [5, 5.41) is 0. The largest absolute Gasteiger partial charge is 0.399 e. The molecular weight excluding hydrogens is 272 g/mol. The van der Waals surface area contributed by atoms with Crippen molar-refractivity contribution in [3.05, 3.63) is 29.8 Å². The van der Waals surface area contributed by atoms with E-state index in [9.17, 15) is 8.42 Å². The molecule has 0 saturated carbocycles. The molecule has 0 aliphatic carbocycles. The molecule has 0 atom stereocenters. The lowest BCUT2D eigenvalue weighted by Crippen LogP contribution is -2.37. The minimum Gasteiger partial charge on any atom is -0.399 e. The summed E-state index contributed by atoms with van der Waals surface area (Å²) in [5.74, 6) is 0.664. The van der Waals surface area contributed by atoms with Crippen LogP contribution in [-0.2, 0) is 15.8 Å². The third kappa shape index (κ3) is 5.51. The van der Waals surface area contributed by atoms with Gasteiger partial charge in [-0.25, -0.2) is 12.7 Å². The first-order valence-corrected chi connectivity index (χ1v) is 8.64. The van der Waals surface area contributed by atoms with Gasteiger partial charge >= 0.3 is 0 Å². The third-order valence-electron chi connectivity index (χ3n) is 2.86. The van der Waals surface area contributed by atoms with Gasteiger partial charge in [0.1, 0.15) is 0 Å². The number of benzene rings is 1. The normalized spacial score (nSPS) is 12.6. The molecule has 20 heavy (non-hydrogen) atoms. The minimum absolute atomic E-state index is 0.0344. The van der Waals surface area contributed by atoms with E-state index in [4.69, 9.17) is 5.73 Å². The maximum atomic E-state index is 12.6. The summed E-state index contributed by atoms with van der Waals surface area (Å²) in [4.78, 5) is 0.